The molecule has 0 saturated carbocycles. The van der Waals surface area contributed by atoms with Crippen LogP contribution in [0.3, 0.4) is 0 Å². The van der Waals surface area contributed by atoms with Crippen molar-refractivity contribution in [2.45, 2.75) is 34.1 Å². The molecule has 0 aromatic carbocycles. The maximum atomic E-state index is 11.5. The summed E-state index contributed by atoms with van der Waals surface area (Å²) < 4.78 is 0. The van der Waals surface area contributed by atoms with Gasteiger partial charge in [0, 0.05) is 18.4 Å². The highest BCUT2D eigenvalue weighted by atomic mass is 16.4. The van der Waals surface area contributed by atoms with Crippen LogP contribution in [-0.2, 0) is 9.59 Å². The highest BCUT2D eigenvalue weighted by Crippen LogP contribution is 2.40. The van der Waals surface area contributed by atoms with Gasteiger partial charge in [0.15, 0.2) is 5.78 Å². The number of carboxylic acids is 1. The van der Waals surface area contributed by atoms with E-state index in [1.165, 1.54) is 6.08 Å². The predicted molar refractivity (Wildman–Crippen MR) is 71.2 cm³/mol. The SMILES string of the molecule is CC1=CC(=O)CC(C)(C)[C@H]1/C=C/C(C)=C\C(=O)O. The number of aliphatic carboxylic acids is 1. The molecule has 0 saturated heterocycles. The average Bonchev–Trinajstić information content (AvgIpc) is 2.12. The third-order valence-electron chi connectivity index (χ3n) is 3.25. The van der Waals surface area contributed by atoms with Crippen molar-refractivity contribution in [3.8, 4) is 0 Å². The number of carbonyl (C=O) groups excluding carboxylic acids is 1. The summed E-state index contributed by atoms with van der Waals surface area (Å²) in [4.78, 5) is 22.1. The zero-order valence-corrected chi connectivity index (χ0v) is 11.4. The number of carbonyl (C=O) groups is 2. The molecule has 0 spiro atoms. The van der Waals surface area contributed by atoms with Crippen LogP contribution in [0.15, 0.2) is 35.5 Å². The molecule has 0 aliphatic heterocycles. The van der Waals surface area contributed by atoms with E-state index in [2.05, 4.69) is 13.8 Å². The summed E-state index contributed by atoms with van der Waals surface area (Å²) in [5, 5.41) is 8.64. The zero-order chi connectivity index (χ0) is 13.9. The lowest BCUT2D eigenvalue weighted by molar-refractivity contribution is -0.131. The van der Waals surface area contributed by atoms with Crippen LogP contribution in [0.5, 0.6) is 0 Å². The number of hydrogen-bond acceptors (Lipinski definition) is 2. The van der Waals surface area contributed by atoms with Gasteiger partial charge in [0.2, 0.25) is 0 Å². The van der Waals surface area contributed by atoms with Crippen LogP contribution in [0.4, 0.5) is 0 Å². The van der Waals surface area contributed by atoms with Crippen molar-refractivity contribution in [3.63, 3.8) is 0 Å². The van der Waals surface area contributed by atoms with Crippen LogP contribution in [0.1, 0.15) is 34.1 Å². The number of rotatable bonds is 3. The van der Waals surface area contributed by atoms with E-state index < -0.39 is 5.97 Å². The van der Waals surface area contributed by atoms with Gasteiger partial charge >= 0.3 is 5.97 Å². The molecule has 0 heterocycles. The fraction of sp³-hybridized carbons (Fsp3) is 0.467. The van der Waals surface area contributed by atoms with Gasteiger partial charge in [-0.05, 0) is 30.9 Å². The van der Waals surface area contributed by atoms with Crippen LogP contribution >= 0.6 is 0 Å². The minimum absolute atomic E-state index is 0.115. The molecule has 18 heavy (non-hydrogen) atoms. The summed E-state index contributed by atoms with van der Waals surface area (Å²) in [6.07, 6.45) is 7.20. The fourth-order valence-electron chi connectivity index (χ4n) is 2.47. The van der Waals surface area contributed by atoms with Crippen LogP contribution in [0, 0.1) is 11.3 Å². The van der Waals surface area contributed by atoms with Gasteiger partial charge in [-0.3, -0.25) is 4.79 Å². The standard InChI is InChI=1S/C15H20O3/c1-10(7-14(17)18)5-6-13-11(2)8-12(16)9-15(13,3)4/h5-8,13H,9H2,1-4H3,(H,17,18)/b6-5+,10-7-/t13-/m0/s1. The Labute approximate surface area is 108 Å². The van der Waals surface area contributed by atoms with Crippen molar-refractivity contribution in [1.29, 1.82) is 0 Å². The second kappa shape index (κ2) is 5.34. The van der Waals surface area contributed by atoms with Gasteiger partial charge in [-0.15, -0.1) is 0 Å². The van der Waals surface area contributed by atoms with Gasteiger partial charge in [0.05, 0.1) is 0 Å². The normalized spacial score (nSPS) is 24.2. The summed E-state index contributed by atoms with van der Waals surface area (Å²) in [5.74, 6) is -0.602. The Balaban J connectivity index is 2.95. The van der Waals surface area contributed by atoms with Crippen molar-refractivity contribution in [2.24, 2.45) is 11.3 Å². The van der Waals surface area contributed by atoms with E-state index in [0.29, 0.717) is 12.0 Å². The largest absolute Gasteiger partial charge is 0.478 e. The Kier molecular flexibility index (Phi) is 4.28. The molecular weight excluding hydrogens is 228 g/mol. The monoisotopic (exact) mass is 248 g/mol. The molecule has 1 aliphatic carbocycles. The second-order valence-corrected chi connectivity index (χ2v) is 5.58. The van der Waals surface area contributed by atoms with Crippen LogP contribution in [0.25, 0.3) is 0 Å². The molecule has 0 radical (unpaired) electrons. The molecule has 1 rings (SSSR count). The second-order valence-electron chi connectivity index (χ2n) is 5.58. The zero-order valence-electron chi connectivity index (χ0n) is 11.4. The first-order chi connectivity index (χ1) is 8.22. The summed E-state index contributed by atoms with van der Waals surface area (Å²) in [5.41, 5.74) is 1.62. The maximum Gasteiger partial charge on any atom is 0.328 e. The molecule has 0 fully saturated rings. The highest BCUT2D eigenvalue weighted by molar-refractivity contribution is 5.92. The Bertz CT molecular complexity index is 450. The number of allylic oxidation sites excluding steroid dienone is 5. The van der Waals surface area contributed by atoms with Crippen LogP contribution < -0.4 is 0 Å². The van der Waals surface area contributed by atoms with Crippen LogP contribution in [-0.4, -0.2) is 16.9 Å². The topological polar surface area (TPSA) is 54.4 Å². The molecule has 0 aromatic rings. The average molecular weight is 248 g/mol. The van der Waals surface area contributed by atoms with E-state index in [-0.39, 0.29) is 17.1 Å². The van der Waals surface area contributed by atoms with Gasteiger partial charge in [0.25, 0.3) is 0 Å². The van der Waals surface area contributed by atoms with Gasteiger partial charge in [-0.25, -0.2) is 4.79 Å². The fourth-order valence-corrected chi connectivity index (χ4v) is 2.47. The quantitative estimate of drug-likeness (QED) is 0.616. The van der Waals surface area contributed by atoms with E-state index in [9.17, 15) is 9.59 Å². The molecule has 3 nitrogen and oxygen atoms in total. The van der Waals surface area contributed by atoms with E-state index in [1.807, 2.05) is 19.1 Å². The lowest BCUT2D eigenvalue weighted by Gasteiger charge is -2.35. The van der Waals surface area contributed by atoms with Gasteiger partial charge < -0.3 is 5.11 Å². The van der Waals surface area contributed by atoms with Gasteiger partial charge in [-0.1, -0.05) is 31.6 Å². The molecule has 3 heteroatoms. The Morgan fingerprint density at radius 3 is 2.61 bits per heavy atom. The van der Waals surface area contributed by atoms with Crippen molar-refractivity contribution in [3.05, 3.63) is 35.5 Å². The summed E-state index contributed by atoms with van der Waals surface area (Å²) in [6, 6.07) is 0. The molecule has 0 aromatic heterocycles. The molecule has 1 aliphatic rings. The molecule has 98 valence electrons. The third kappa shape index (κ3) is 3.69. The van der Waals surface area contributed by atoms with Gasteiger partial charge in [-0.2, -0.15) is 0 Å². The van der Waals surface area contributed by atoms with E-state index in [4.69, 9.17) is 5.11 Å². The van der Waals surface area contributed by atoms with E-state index in [1.54, 1.807) is 13.0 Å². The molecule has 0 amide bonds. The number of carboxylic acid groups (broad SMARTS) is 1. The predicted octanol–water partition coefficient (Wildman–Crippen LogP) is 3.14. The van der Waals surface area contributed by atoms with Crippen molar-refractivity contribution in [1.82, 2.24) is 0 Å². The minimum atomic E-state index is -0.942. The maximum absolute atomic E-state index is 11.5. The van der Waals surface area contributed by atoms with Crippen LogP contribution in [0.2, 0.25) is 0 Å². The highest BCUT2D eigenvalue weighted by Gasteiger charge is 2.34. The first-order valence-corrected chi connectivity index (χ1v) is 6.03. The Hall–Kier alpha value is -1.64. The van der Waals surface area contributed by atoms with Gasteiger partial charge in [0.1, 0.15) is 0 Å². The molecule has 1 atom stereocenters. The number of hydrogen-bond donors (Lipinski definition) is 1. The Morgan fingerprint density at radius 2 is 2.11 bits per heavy atom. The van der Waals surface area contributed by atoms with Crippen molar-refractivity contribution in [2.75, 3.05) is 0 Å². The summed E-state index contributed by atoms with van der Waals surface area (Å²) in [7, 11) is 0. The van der Waals surface area contributed by atoms with E-state index >= 15 is 0 Å². The first kappa shape index (κ1) is 14.4. The molecular formula is C15H20O3. The third-order valence-corrected chi connectivity index (χ3v) is 3.25. The smallest absolute Gasteiger partial charge is 0.328 e. The van der Waals surface area contributed by atoms with E-state index in [0.717, 1.165) is 5.57 Å². The van der Waals surface area contributed by atoms with Crippen molar-refractivity contribution < 1.29 is 14.7 Å². The molecule has 0 bridgehead atoms. The minimum Gasteiger partial charge on any atom is -0.478 e. The Morgan fingerprint density at radius 1 is 1.50 bits per heavy atom. The first-order valence-electron chi connectivity index (χ1n) is 6.03. The van der Waals surface area contributed by atoms with Crippen molar-refractivity contribution >= 4 is 11.8 Å². The summed E-state index contributed by atoms with van der Waals surface area (Å²) >= 11 is 0. The molecule has 1 N–H and O–H groups in total. The molecule has 0 unspecified atom stereocenters. The lowest BCUT2D eigenvalue weighted by atomic mass is 9.68. The lowest BCUT2D eigenvalue weighted by Crippen LogP contribution is -2.30. The summed E-state index contributed by atoms with van der Waals surface area (Å²) in [6.45, 7) is 7.83. The number of ketones is 1.